The maximum absolute atomic E-state index is 12.2. The minimum atomic E-state index is -0.455. The van der Waals surface area contributed by atoms with Gasteiger partial charge in [-0.1, -0.05) is 36.1 Å². The zero-order valence-electron chi connectivity index (χ0n) is 11.4. The molecule has 1 aliphatic rings. The molecule has 2 rings (SSSR count). The molecule has 0 unspecified atom stereocenters. The van der Waals surface area contributed by atoms with E-state index in [0.29, 0.717) is 9.23 Å². The van der Waals surface area contributed by atoms with Crippen LogP contribution in [0.3, 0.4) is 0 Å². The first-order valence-electron chi connectivity index (χ1n) is 6.19. The first-order valence-corrected chi connectivity index (χ1v) is 7.41. The van der Waals surface area contributed by atoms with Crippen LogP contribution in [0.1, 0.15) is 12.0 Å². The average Bonchev–Trinajstić information content (AvgIpc) is 2.72. The summed E-state index contributed by atoms with van der Waals surface area (Å²) < 4.78 is 5.53. The van der Waals surface area contributed by atoms with Gasteiger partial charge in [-0.15, -0.1) is 0 Å². The van der Waals surface area contributed by atoms with Gasteiger partial charge in [0.2, 0.25) is 5.91 Å². The smallest absolute Gasteiger partial charge is 0.266 e. The number of amides is 2. The normalized spacial score (nSPS) is 16.6. The number of rotatable bonds is 5. The fraction of sp³-hybridized carbons (Fsp3) is 0.214. The van der Waals surface area contributed by atoms with Crippen LogP contribution in [0, 0.1) is 0 Å². The molecule has 1 aromatic carbocycles. The van der Waals surface area contributed by atoms with Gasteiger partial charge in [0.25, 0.3) is 5.91 Å². The van der Waals surface area contributed by atoms with Crippen LogP contribution in [-0.2, 0) is 9.59 Å². The van der Waals surface area contributed by atoms with E-state index >= 15 is 0 Å². The van der Waals surface area contributed by atoms with E-state index in [1.54, 1.807) is 13.2 Å². The summed E-state index contributed by atoms with van der Waals surface area (Å²) in [4.78, 5) is 25.0. The van der Waals surface area contributed by atoms with Crippen LogP contribution in [0.25, 0.3) is 6.08 Å². The summed E-state index contributed by atoms with van der Waals surface area (Å²) >= 11 is 6.38. The van der Waals surface area contributed by atoms with Gasteiger partial charge in [0, 0.05) is 13.0 Å². The summed E-state index contributed by atoms with van der Waals surface area (Å²) in [6, 6.07) is 7.35. The number of ether oxygens (including phenoxy) is 1. The predicted molar refractivity (Wildman–Crippen MR) is 86.7 cm³/mol. The highest BCUT2D eigenvalue weighted by atomic mass is 32.2. The largest absolute Gasteiger partial charge is 0.497 e. The standard InChI is InChI=1S/C14H14N2O3S2/c1-19-10-4-2-9(3-5-10)8-11-13(18)16(14(20)21-11)7-6-12(15)17/h2-5,8H,6-7H2,1H3,(H2,15,17)/b11-8+. The molecule has 0 atom stereocenters. The first kappa shape index (κ1) is 15.5. The number of hydrogen-bond donors (Lipinski definition) is 1. The van der Waals surface area contributed by atoms with Crippen LogP contribution in [0.15, 0.2) is 29.2 Å². The quantitative estimate of drug-likeness (QED) is 0.661. The van der Waals surface area contributed by atoms with Crippen LogP contribution < -0.4 is 10.5 Å². The molecular weight excluding hydrogens is 308 g/mol. The summed E-state index contributed by atoms with van der Waals surface area (Å²) in [6.07, 6.45) is 1.87. The Morgan fingerprint density at radius 2 is 2.10 bits per heavy atom. The van der Waals surface area contributed by atoms with Crippen LogP contribution >= 0.6 is 24.0 Å². The van der Waals surface area contributed by atoms with E-state index in [0.717, 1.165) is 11.3 Å². The van der Waals surface area contributed by atoms with Crippen LogP contribution in [0.2, 0.25) is 0 Å². The molecule has 5 nitrogen and oxygen atoms in total. The zero-order valence-corrected chi connectivity index (χ0v) is 13.0. The monoisotopic (exact) mass is 322 g/mol. The number of carbonyl (C=O) groups is 2. The minimum absolute atomic E-state index is 0.0995. The topological polar surface area (TPSA) is 72.6 Å². The molecule has 21 heavy (non-hydrogen) atoms. The van der Waals surface area contributed by atoms with E-state index in [1.165, 1.54) is 16.7 Å². The maximum Gasteiger partial charge on any atom is 0.266 e. The summed E-state index contributed by atoms with van der Waals surface area (Å²) in [5.74, 6) is 0.103. The lowest BCUT2D eigenvalue weighted by molar-refractivity contribution is -0.123. The Labute approximate surface area is 132 Å². The highest BCUT2D eigenvalue weighted by molar-refractivity contribution is 8.26. The number of primary amides is 1. The molecule has 0 bridgehead atoms. The second-order valence-corrected chi connectivity index (χ2v) is 6.00. The Kier molecular flexibility index (Phi) is 4.98. The molecule has 1 heterocycles. The molecule has 2 N–H and O–H groups in total. The second-order valence-electron chi connectivity index (χ2n) is 4.32. The highest BCUT2D eigenvalue weighted by Crippen LogP contribution is 2.32. The number of methoxy groups -OCH3 is 1. The molecular formula is C14H14N2O3S2. The number of benzene rings is 1. The molecule has 1 saturated heterocycles. The SMILES string of the molecule is COc1ccc(/C=C2/SC(=S)N(CCC(N)=O)C2=O)cc1. The van der Waals surface area contributed by atoms with Gasteiger partial charge in [-0.05, 0) is 23.8 Å². The molecule has 0 radical (unpaired) electrons. The molecule has 0 aliphatic carbocycles. The summed E-state index contributed by atoms with van der Waals surface area (Å²) in [5.41, 5.74) is 5.97. The van der Waals surface area contributed by atoms with Crippen molar-refractivity contribution in [2.75, 3.05) is 13.7 Å². The van der Waals surface area contributed by atoms with Crippen molar-refractivity contribution < 1.29 is 14.3 Å². The molecule has 1 aliphatic heterocycles. The van der Waals surface area contributed by atoms with Crippen molar-refractivity contribution in [2.24, 2.45) is 5.73 Å². The molecule has 1 aromatic rings. The summed E-state index contributed by atoms with van der Waals surface area (Å²) in [7, 11) is 1.60. The lowest BCUT2D eigenvalue weighted by Crippen LogP contribution is -2.31. The fourth-order valence-electron chi connectivity index (χ4n) is 1.77. The summed E-state index contributed by atoms with van der Waals surface area (Å²) in [6.45, 7) is 0.222. The Balaban J connectivity index is 2.13. The van der Waals surface area contributed by atoms with Crippen LogP contribution in [-0.4, -0.2) is 34.7 Å². The van der Waals surface area contributed by atoms with Gasteiger partial charge >= 0.3 is 0 Å². The third-order valence-corrected chi connectivity index (χ3v) is 4.25. The van der Waals surface area contributed by atoms with Crippen molar-refractivity contribution in [3.8, 4) is 5.75 Å². The fourth-order valence-corrected chi connectivity index (χ4v) is 3.07. The first-order chi connectivity index (χ1) is 10.0. The van der Waals surface area contributed by atoms with Crippen molar-refractivity contribution in [2.45, 2.75) is 6.42 Å². The predicted octanol–water partition coefficient (Wildman–Crippen LogP) is 1.77. The van der Waals surface area contributed by atoms with E-state index in [2.05, 4.69) is 0 Å². The Morgan fingerprint density at radius 1 is 1.43 bits per heavy atom. The number of thioether (sulfide) groups is 1. The maximum atomic E-state index is 12.2. The molecule has 110 valence electrons. The number of thiocarbonyl (C=S) groups is 1. The number of carbonyl (C=O) groups excluding carboxylic acids is 2. The average molecular weight is 322 g/mol. The zero-order chi connectivity index (χ0) is 15.4. The lowest BCUT2D eigenvalue weighted by atomic mass is 10.2. The van der Waals surface area contributed by atoms with Crippen LogP contribution in [0.4, 0.5) is 0 Å². The van der Waals surface area contributed by atoms with Gasteiger partial charge in [0.1, 0.15) is 10.1 Å². The van der Waals surface area contributed by atoms with E-state index in [1.807, 2.05) is 24.3 Å². The van der Waals surface area contributed by atoms with E-state index in [-0.39, 0.29) is 18.9 Å². The lowest BCUT2D eigenvalue weighted by Gasteiger charge is -2.12. The molecule has 7 heteroatoms. The van der Waals surface area contributed by atoms with Crippen molar-refractivity contribution in [1.82, 2.24) is 4.90 Å². The minimum Gasteiger partial charge on any atom is -0.497 e. The highest BCUT2D eigenvalue weighted by Gasteiger charge is 2.31. The van der Waals surface area contributed by atoms with E-state index in [4.69, 9.17) is 22.7 Å². The van der Waals surface area contributed by atoms with Gasteiger partial charge in [-0.3, -0.25) is 14.5 Å². The molecule has 0 saturated carbocycles. The third-order valence-electron chi connectivity index (χ3n) is 2.87. The molecule has 0 aromatic heterocycles. The molecule has 1 fully saturated rings. The van der Waals surface area contributed by atoms with Crippen molar-refractivity contribution in [3.05, 3.63) is 34.7 Å². The van der Waals surface area contributed by atoms with Crippen molar-refractivity contribution in [3.63, 3.8) is 0 Å². The van der Waals surface area contributed by atoms with Crippen LogP contribution in [0.5, 0.6) is 5.75 Å². The van der Waals surface area contributed by atoms with Gasteiger partial charge in [-0.2, -0.15) is 0 Å². The number of nitrogens with zero attached hydrogens (tertiary/aromatic N) is 1. The molecule has 2 amide bonds. The number of nitrogens with two attached hydrogens (primary N) is 1. The van der Waals surface area contributed by atoms with E-state index < -0.39 is 5.91 Å². The van der Waals surface area contributed by atoms with Gasteiger partial charge in [-0.25, -0.2) is 0 Å². The Bertz CT molecular complexity index is 611. The van der Waals surface area contributed by atoms with E-state index in [9.17, 15) is 9.59 Å². The number of hydrogen-bond acceptors (Lipinski definition) is 5. The van der Waals surface area contributed by atoms with Crippen molar-refractivity contribution >= 4 is 46.2 Å². The third kappa shape index (κ3) is 3.83. The Morgan fingerprint density at radius 3 is 2.67 bits per heavy atom. The van der Waals surface area contributed by atoms with Gasteiger partial charge in [0.05, 0.1) is 12.0 Å². The Hall–Kier alpha value is -1.86. The van der Waals surface area contributed by atoms with Gasteiger partial charge in [0.15, 0.2) is 0 Å². The second kappa shape index (κ2) is 6.73. The van der Waals surface area contributed by atoms with Crippen molar-refractivity contribution in [1.29, 1.82) is 0 Å². The summed E-state index contributed by atoms with van der Waals surface area (Å²) in [5, 5.41) is 0. The van der Waals surface area contributed by atoms with Gasteiger partial charge < -0.3 is 10.5 Å². The molecule has 0 spiro atoms.